The van der Waals surface area contributed by atoms with Crippen molar-refractivity contribution in [2.75, 3.05) is 6.54 Å². The second-order valence-corrected chi connectivity index (χ2v) is 6.49. The average Bonchev–Trinajstić information content (AvgIpc) is 2.88. The van der Waals surface area contributed by atoms with Crippen LogP contribution in [0.1, 0.15) is 23.2 Å². The number of carboxylic acid groups (broad SMARTS) is 1. The van der Waals surface area contributed by atoms with Gasteiger partial charge in [0.2, 0.25) is 15.9 Å². The lowest BCUT2D eigenvalue weighted by atomic mass is 10.2. The van der Waals surface area contributed by atoms with E-state index in [1.165, 1.54) is 0 Å². The molecule has 0 aromatic heterocycles. The summed E-state index contributed by atoms with van der Waals surface area (Å²) in [4.78, 5) is 21.3. The van der Waals surface area contributed by atoms with Crippen molar-refractivity contribution in [1.29, 1.82) is 0 Å². The number of carbonyl (C=O) groups is 2. The molecule has 1 aliphatic heterocycles. The lowest BCUT2D eigenvalue weighted by molar-refractivity contribution is -0.121. The van der Waals surface area contributed by atoms with Gasteiger partial charge in [-0.3, -0.25) is 4.79 Å². The highest BCUT2D eigenvalue weighted by molar-refractivity contribution is 7.89. The molecule has 1 atom stereocenters. The minimum Gasteiger partial charge on any atom is -0.478 e. The molecular weight excluding hydrogens is 303 g/mol. The molecule has 1 heterocycles. The van der Waals surface area contributed by atoms with Crippen LogP contribution < -0.4 is 5.73 Å². The molecule has 1 aromatic carbocycles. The van der Waals surface area contributed by atoms with Gasteiger partial charge in [-0.2, -0.15) is 4.31 Å². The summed E-state index contributed by atoms with van der Waals surface area (Å²) < 4.78 is 39.5. The first-order valence-corrected chi connectivity index (χ1v) is 7.53. The van der Waals surface area contributed by atoms with Crippen LogP contribution in [0, 0.1) is 5.82 Å². The van der Waals surface area contributed by atoms with Crippen molar-refractivity contribution in [3.05, 3.63) is 29.6 Å². The number of hydrogen-bond acceptors (Lipinski definition) is 4. The monoisotopic (exact) mass is 316 g/mol. The molecule has 1 amide bonds. The van der Waals surface area contributed by atoms with Crippen LogP contribution in [0.3, 0.4) is 0 Å². The van der Waals surface area contributed by atoms with E-state index in [2.05, 4.69) is 0 Å². The van der Waals surface area contributed by atoms with Crippen LogP contribution in [0.2, 0.25) is 0 Å². The zero-order chi connectivity index (χ0) is 15.8. The first-order valence-electron chi connectivity index (χ1n) is 6.09. The van der Waals surface area contributed by atoms with Crippen molar-refractivity contribution < 1.29 is 27.5 Å². The first kappa shape index (κ1) is 15.4. The molecule has 0 saturated carbocycles. The van der Waals surface area contributed by atoms with E-state index in [9.17, 15) is 22.4 Å². The predicted octanol–water partition coefficient (Wildman–Crippen LogP) is 0.162. The molecule has 0 bridgehead atoms. The van der Waals surface area contributed by atoms with Crippen LogP contribution in [0.5, 0.6) is 0 Å². The second kappa shape index (κ2) is 5.41. The van der Waals surface area contributed by atoms with Crippen molar-refractivity contribution in [1.82, 2.24) is 4.31 Å². The fourth-order valence-corrected chi connectivity index (χ4v) is 3.99. The maximum atomic E-state index is 13.9. The Hall–Kier alpha value is -2.00. The summed E-state index contributed by atoms with van der Waals surface area (Å²) in [6, 6.07) is 1.50. The van der Waals surface area contributed by atoms with Gasteiger partial charge in [-0.1, -0.05) is 0 Å². The highest BCUT2D eigenvalue weighted by atomic mass is 32.2. The first-order chi connectivity index (χ1) is 9.75. The number of rotatable bonds is 4. The quantitative estimate of drug-likeness (QED) is 0.820. The van der Waals surface area contributed by atoms with E-state index < -0.39 is 38.7 Å². The fraction of sp³-hybridized carbons (Fsp3) is 0.333. The van der Waals surface area contributed by atoms with Gasteiger partial charge in [-0.05, 0) is 31.0 Å². The van der Waals surface area contributed by atoms with Gasteiger partial charge in [-0.15, -0.1) is 0 Å². The Morgan fingerprint density at radius 1 is 1.38 bits per heavy atom. The summed E-state index contributed by atoms with van der Waals surface area (Å²) in [7, 11) is -4.24. The summed E-state index contributed by atoms with van der Waals surface area (Å²) in [5.74, 6) is -3.34. The third-order valence-corrected chi connectivity index (χ3v) is 5.24. The van der Waals surface area contributed by atoms with E-state index in [1.807, 2.05) is 0 Å². The van der Waals surface area contributed by atoms with Gasteiger partial charge in [0.05, 0.1) is 5.56 Å². The Bertz CT molecular complexity index is 704. The molecule has 0 spiro atoms. The summed E-state index contributed by atoms with van der Waals surface area (Å²) in [5, 5.41) is 8.74. The smallest absolute Gasteiger partial charge is 0.335 e. The van der Waals surface area contributed by atoms with Crippen molar-refractivity contribution in [2.45, 2.75) is 23.8 Å². The minimum atomic E-state index is -4.24. The molecule has 3 N–H and O–H groups in total. The van der Waals surface area contributed by atoms with Crippen molar-refractivity contribution in [2.24, 2.45) is 5.73 Å². The molecule has 2 rings (SSSR count). The number of halogens is 1. The fourth-order valence-electron chi connectivity index (χ4n) is 2.28. The molecule has 1 aliphatic rings. The number of amides is 1. The molecule has 9 heteroatoms. The normalized spacial score (nSPS) is 19.6. The van der Waals surface area contributed by atoms with E-state index in [-0.39, 0.29) is 18.5 Å². The maximum absolute atomic E-state index is 13.9. The van der Waals surface area contributed by atoms with Crippen molar-refractivity contribution >= 4 is 21.9 Å². The molecule has 1 saturated heterocycles. The van der Waals surface area contributed by atoms with Gasteiger partial charge in [-0.25, -0.2) is 17.6 Å². The second-order valence-electron chi connectivity index (χ2n) is 4.63. The zero-order valence-corrected chi connectivity index (χ0v) is 11.6. The van der Waals surface area contributed by atoms with Gasteiger partial charge in [0.15, 0.2) is 0 Å². The van der Waals surface area contributed by atoms with Crippen molar-refractivity contribution in [3.63, 3.8) is 0 Å². The maximum Gasteiger partial charge on any atom is 0.335 e. The molecule has 7 nitrogen and oxygen atoms in total. The Kier molecular flexibility index (Phi) is 3.97. The molecule has 0 aliphatic carbocycles. The Morgan fingerprint density at radius 3 is 2.57 bits per heavy atom. The highest BCUT2D eigenvalue weighted by Gasteiger charge is 2.39. The summed E-state index contributed by atoms with van der Waals surface area (Å²) >= 11 is 0. The summed E-state index contributed by atoms with van der Waals surface area (Å²) in [5.41, 5.74) is 4.79. The number of hydrogen-bond donors (Lipinski definition) is 2. The number of nitrogens with zero attached hydrogens (tertiary/aromatic N) is 1. The van der Waals surface area contributed by atoms with Gasteiger partial charge in [0.25, 0.3) is 0 Å². The van der Waals surface area contributed by atoms with Gasteiger partial charge in [0.1, 0.15) is 16.8 Å². The van der Waals surface area contributed by atoms with E-state index in [1.54, 1.807) is 0 Å². The lowest BCUT2D eigenvalue weighted by Gasteiger charge is -2.21. The van der Waals surface area contributed by atoms with Crippen LogP contribution in [0.25, 0.3) is 0 Å². The number of sulfonamides is 1. The molecule has 0 unspecified atom stereocenters. The number of primary amides is 1. The van der Waals surface area contributed by atoms with E-state index >= 15 is 0 Å². The van der Waals surface area contributed by atoms with E-state index in [0.29, 0.717) is 12.5 Å². The van der Waals surface area contributed by atoms with Crippen LogP contribution >= 0.6 is 0 Å². The number of benzene rings is 1. The van der Waals surface area contributed by atoms with Gasteiger partial charge in [0, 0.05) is 6.54 Å². The van der Waals surface area contributed by atoms with Gasteiger partial charge >= 0.3 is 5.97 Å². The van der Waals surface area contributed by atoms with Crippen LogP contribution in [-0.4, -0.2) is 42.3 Å². The molecule has 0 radical (unpaired) electrons. The lowest BCUT2D eigenvalue weighted by Crippen LogP contribution is -2.43. The molecular formula is C12H13FN2O5S. The molecule has 1 aromatic rings. The summed E-state index contributed by atoms with van der Waals surface area (Å²) in [6.45, 7) is 0.0655. The molecule has 114 valence electrons. The predicted molar refractivity (Wildman–Crippen MR) is 69.5 cm³/mol. The Balaban J connectivity index is 2.45. The average molecular weight is 316 g/mol. The Morgan fingerprint density at radius 2 is 2.05 bits per heavy atom. The third kappa shape index (κ3) is 2.74. The number of nitrogens with two attached hydrogens (primary N) is 1. The van der Waals surface area contributed by atoms with Crippen LogP contribution in [0.15, 0.2) is 23.1 Å². The molecule has 1 fully saturated rings. The van der Waals surface area contributed by atoms with Crippen LogP contribution in [-0.2, 0) is 14.8 Å². The SMILES string of the molecule is NC(=O)[C@H]1CCCN1S(=O)(=O)c1ccc(C(=O)O)cc1F. The standard InChI is InChI=1S/C12H13FN2O5S/c13-8-6-7(12(17)18)3-4-10(8)21(19,20)15-5-1-2-9(15)11(14)16/h3-4,6,9H,1-2,5H2,(H2,14,16)(H,17,18)/t9-/m1/s1. The van der Waals surface area contributed by atoms with Crippen molar-refractivity contribution in [3.8, 4) is 0 Å². The third-order valence-electron chi connectivity index (χ3n) is 3.30. The number of aromatic carboxylic acids is 1. The number of carboxylic acids is 1. The highest BCUT2D eigenvalue weighted by Crippen LogP contribution is 2.27. The minimum absolute atomic E-state index is 0.0655. The van der Waals surface area contributed by atoms with Gasteiger partial charge < -0.3 is 10.8 Å². The Labute approximate surface area is 120 Å². The van der Waals surface area contributed by atoms with E-state index in [4.69, 9.17) is 10.8 Å². The topological polar surface area (TPSA) is 118 Å². The summed E-state index contributed by atoms with van der Waals surface area (Å²) in [6.07, 6.45) is 0.727. The van der Waals surface area contributed by atoms with Crippen LogP contribution in [0.4, 0.5) is 4.39 Å². The molecule has 21 heavy (non-hydrogen) atoms. The van der Waals surface area contributed by atoms with E-state index in [0.717, 1.165) is 16.4 Å². The number of carbonyl (C=O) groups excluding carboxylic acids is 1. The largest absolute Gasteiger partial charge is 0.478 e. The zero-order valence-electron chi connectivity index (χ0n) is 10.8.